The summed E-state index contributed by atoms with van der Waals surface area (Å²) in [7, 11) is 0. The minimum Gasteiger partial charge on any atom is -0.512 e. The summed E-state index contributed by atoms with van der Waals surface area (Å²) in [6.07, 6.45) is 1.37. The SMILES string of the molecule is CCC(CCF)C(=O)/C=C(\O)C(CC)CC(C)(F)F. The van der Waals surface area contributed by atoms with Gasteiger partial charge in [0.2, 0.25) is 5.92 Å². The first-order valence-corrected chi connectivity index (χ1v) is 6.63. The zero-order valence-corrected chi connectivity index (χ0v) is 11.8. The van der Waals surface area contributed by atoms with Crippen LogP contribution in [0, 0.1) is 11.8 Å². The monoisotopic (exact) mass is 280 g/mol. The fourth-order valence-electron chi connectivity index (χ4n) is 1.95. The van der Waals surface area contributed by atoms with Crippen LogP contribution < -0.4 is 0 Å². The lowest BCUT2D eigenvalue weighted by molar-refractivity contribution is -0.118. The zero-order valence-electron chi connectivity index (χ0n) is 11.8. The molecule has 0 aliphatic rings. The highest BCUT2D eigenvalue weighted by Gasteiger charge is 2.28. The van der Waals surface area contributed by atoms with E-state index in [9.17, 15) is 23.1 Å². The Morgan fingerprint density at radius 2 is 1.79 bits per heavy atom. The van der Waals surface area contributed by atoms with Gasteiger partial charge in [-0.1, -0.05) is 13.8 Å². The highest BCUT2D eigenvalue weighted by Crippen LogP contribution is 2.28. The van der Waals surface area contributed by atoms with E-state index in [4.69, 9.17) is 0 Å². The molecule has 0 heterocycles. The molecule has 0 rings (SSSR count). The molecule has 0 aromatic rings. The number of halogens is 3. The number of carbonyl (C=O) groups excluding carboxylic acids is 1. The van der Waals surface area contributed by atoms with Crippen LogP contribution in [0.3, 0.4) is 0 Å². The number of ketones is 1. The smallest absolute Gasteiger partial charge is 0.246 e. The van der Waals surface area contributed by atoms with E-state index in [0.717, 1.165) is 13.0 Å². The molecular formula is C14H23F3O2. The Labute approximate surface area is 112 Å². The van der Waals surface area contributed by atoms with Crippen molar-refractivity contribution in [3.63, 3.8) is 0 Å². The van der Waals surface area contributed by atoms with Crippen LogP contribution in [0.1, 0.15) is 46.5 Å². The van der Waals surface area contributed by atoms with Crippen LogP contribution >= 0.6 is 0 Å². The first kappa shape index (κ1) is 18.0. The maximum absolute atomic E-state index is 12.9. The maximum Gasteiger partial charge on any atom is 0.246 e. The van der Waals surface area contributed by atoms with Crippen LogP contribution in [0.2, 0.25) is 0 Å². The van der Waals surface area contributed by atoms with Gasteiger partial charge < -0.3 is 5.11 Å². The van der Waals surface area contributed by atoms with Gasteiger partial charge in [0.25, 0.3) is 0 Å². The summed E-state index contributed by atoms with van der Waals surface area (Å²) in [6.45, 7) is 3.59. The third-order valence-corrected chi connectivity index (χ3v) is 3.16. The molecule has 0 spiro atoms. The molecule has 0 aliphatic heterocycles. The van der Waals surface area contributed by atoms with E-state index in [0.29, 0.717) is 12.8 Å². The summed E-state index contributed by atoms with van der Waals surface area (Å²) in [5.41, 5.74) is 0. The fourth-order valence-corrected chi connectivity index (χ4v) is 1.95. The van der Waals surface area contributed by atoms with Crippen molar-refractivity contribution in [3.05, 3.63) is 11.8 Å². The van der Waals surface area contributed by atoms with Crippen molar-refractivity contribution in [1.82, 2.24) is 0 Å². The molecule has 0 aromatic heterocycles. The first-order valence-electron chi connectivity index (χ1n) is 6.63. The molecule has 0 radical (unpaired) electrons. The number of rotatable bonds is 9. The molecule has 1 N–H and O–H groups in total. The third kappa shape index (κ3) is 7.23. The Morgan fingerprint density at radius 1 is 1.26 bits per heavy atom. The molecular weight excluding hydrogens is 257 g/mol. The number of aliphatic hydroxyl groups is 1. The molecule has 2 atom stereocenters. The van der Waals surface area contributed by atoms with Gasteiger partial charge in [-0.3, -0.25) is 9.18 Å². The molecule has 0 bridgehead atoms. The van der Waals surface area contributed by atoms with E-state index in [1.54, 1.807) is 13.8 Å². The normalized spacial score (nSPS) is 16.2. The number of allylic oxidation sites excluding steroid dienone is 2. The second-order valence-electron chi connectivity index (χ2n) is 4.93. The van der Waals surface area contributed by atoms with Crippen molar-refractivity contribution in [1.29, 1.82) is 0 Å². The molecule has 0 saturated heterocycles. The van der Waals surface area contributed by atoms with Crippen LogP contribution in [0.25, 0.3) is 0 Å². The highest BCUT2D eigenvalue weighted by atomic mass is 19.3. The Kier molecular flexibility index (Phi) is 7.79. The second kappa shape index (κ2) is 8.23. The van der Waals surface area contributed by atoms with E-state index in [1.807, 2.05) is 0 Å². The van der Waals surface area contributed by atoms with Crippen LogP contribution in [-0.2, 0) is 4.79 Å². The summed E-state index contributed by atoms with van der Waals surface area (Å²) in [5.74, 6) is -4.85. The van der Waals surface area contributed by atoms with Crippen molar-refractivity contribution in [2.45, 2.75) is 52.4 Å². The van der Waals surface area contributed by atoms with Gasteiger partial charge in [0, 0.05) is 24.3 Å². The number of hydrogen-bond acceptors (Lipinski definition) is 2. The molecule has 0 amide bonds. The van der Waals surface area contributed by atoms with E-state index in [1.165, 1.54) is 0 Å². The molecule has 112 valence electrons. The molecule has 2 nitrogen and oxygen atoms in total. The summed E-state index contributed by atoms with van der Waals surface area (Å²) in [5, 5.41) is 9.77. The van der Waals surface area contributed by atoms with Crippen LogP contribution in [0.4, 0.5) is 13.2 Å². The maximum atomic E-state index is 12.9. The quantitative estimate of drug-likeness (QED) is 0.500. The molecule has 5 heteroatoms. The van der Waals surface area contributed by atoms with Gasteiger partial charge in [-0.05, 0) is 26.2 Å². The predicted molar refractivity (Wildman–Crippen MR) is 69.1 cm³/mol. The minimum atomic E-state index is -2.89. The van der Waals surface area contributed by atoms with Gasteiger partial charge in [0.1, 0.15) is 0 Å². The Bertz CT molecular complexity index is 308. The standard InChI is InChI=1S/C14H23F3O2/c1-4-10(6-7-15)12(18)8-13(19)11(5-2)9-14(3,16)17/h8,10-11,19H,4-7,9H2,1-3H3/b13-8-. The van der Waals surface area contributed by atoms with Crippen LogP contribution in [-0.4, -0.2) is 23.5 Å². The second-order valence-corrected chi connectivity index (χ2v) is 4.93. The largest absolute Gasteiger partial charge is 0.512 e. The molecule has 2 unspecified atom stereocenters. The number of hydrogen-bond donors (Lipinski definition) is 1. The van der Waals surface area contributed by atoms with Gasteiger partial charge in [-0.15, -0.1) is 0 Å². The Hall–Kier alpha value is -1.00. The van der Waals surface area contributed by atoms with Crippen molar-refractivity contribution in [2.75, 3.05) is 6.67 Å². The Balaban J connectivity index is 4.79. The molecule has 0 saturated carbocycles. The topological polar surface area (TPSA) is 37.3 Å². The number of alkyl halides is 3. The lowest BCUT2D eigenvalue weighted by Crippen LogP contribution is -2.19. The van der Waals surface area contributed by atoms with Gasteiger partial charge in [0.05, 0.1) is 12.4 Å². The number of aliphatic hydroxyl groups excluding tert-OH is 1. The van der Waals surface area contributed by atoms with Gasteiger partial charge >= 0.3 is 0 Å². The van der Waals surface area contributed by atoms with Crippen molar-refractivity contribution in [2.24, 2.45) is 11.8 Å². The average molecular weight is 280 g/mol. The molecule has 0 aliphatic carbocycles. The van der Waals surface area contributed by atoms with Crippen molar-refractivity contribution >= 4 is 5.78 Å². The van der Waals surface area contributed by atoms with Crippen LogP contribution in [0.5, 0.6) is 0 Å². The molecule has 0 aromatic carbocycles. The lowest BCUT2D eigenvalue weighted by Gasteiger charge is -2.19. The summed E-state index contributed by atoms with van der Waals surface area (Å²) in [4.78, 5) is 11.8. The highest BCUT2D eigenvalue weighted by molar-refractivity contribution is 5.92. The third-order valence-electron chi connectivity index (χ3n) is 3.16. The van der Waals surface area contributed by atoms with Gasteiger partial charge in [-0.25, -0.2) is 8.78 Å². The van der Waals surface area contributed by atoms with Crippen LogP contribution in [0.15, 0.2) is 11.8 Å². The Morgan fingerprint density at radius 3 is 2.16 bits per heavy atom. The summed E-state index contributed by atoms with van der Waals surface area (Å²) < 4.78 is 38.1. The van der Waals surface area contributed by atoms with E-state index < -0.39 is 36.6 Å². The summed E-state index contributed by atoms with van der Waals surface area (Å²) in [6, 6.07) is 0. The van der Waals surface area contributed by atoms with Gasteiger partial charge in [0.15, 0.2) is 5.78 Å². The zero-order chi connectivity index (χ0) is 15.1. The van der Waals surface area contributed by atoms with E-state index in [-0.39, 0.29) is 12.2 Å². The predicted octanol–water partition coefficient (Wildman–Crippen LogP) is 4.45. The molecule has 19 heavy (non-hydrogen) atoms. The first-order chi connectivity index (χ1) is 8.75. The van der Waals surface area contributed by atoms with E-state index in [2.05, 4.69) is 0 Å². The molecule has 0 fully saturated rings. The minimum absolute atomic E-state index is 0.0971. The van der Waals surface area contributed by atoms with Crippen molar-refractivity contribution in [3.8, 4) is 0 Å². The fraction of sp³-hybridized carbons (Fsp3) is 0.786. The van der Waals surface area contributed by atoms with Crippen molar-refractivity contribution < 1.29 is 23.1 Å². The summed E-state index contributed by atoms with van der Waals surface area (Å²) >= 11 is 0. The van der Waals surface area contributed by atoms with E-state index >= 15 is 0 Å². The number of carbonyl (C=O) groups is 1. The lowest BCUT2D eigenvalue weighted by atomic mass is 9.92. The average Bonchev–Trinajstić information content (AvgIpc) is 2.31. The van der Waals surface area contributed by atoms with Gasteiger partial charge in [-0.2, -0.15) is 0 Å².